The van der Waals surface area contributed by atoms with E-state index in [1.54, 1.807) is 11.3 Å². The molecule has 0 saturated carbocycles. The molecule has 0 spiro atoms. The van der Waals surface area contributed by atoms with E-state index in [9.17, 15) is 18.5 Å². The molecule has 0 N–H and O–H groups in total. The highest BCUT2D eigenvalue weighted by molar-refractivity contribution is 7.89. The third kappa shape index (κ3) is 3.45. The van der Waals surface area contributed by atoms with Gasteiger partial charge in [-0.1, -0.05) is 12.1 Å². The van der Waals surface area contributed by atoms with E-state index in [1.165, 1.54) is 28.6 Å². The lowest BCUT2D eigenvalue weighted by molar-refractivity contribution is -0.384. The van der Waals surface area contributed by atoms with Gasteiger partial charge in [-0.3, -0.25) is 10.1 Å². The topological polar surface area (TPSA) is 93.4 Å². The Morgan fingerprint density at radius 3 is 2.59 bits per heavy atom. The molecule has 0 bridgehead atoms. The number of thiazole rings is 1. The lowest BCUT2D eigenvalue weighted by atomic mass is 10.0. The molecule has 4 rings (SSSR count). The zero-order valence-corrected chi connectivity index (χ0v) is 15.9. The highest BCUT2D eigenvalue weighted by atomic mass is 32.2. The molecule has 2 heterocycles. The molecule has 140 valence electrons. The Kier molecular flexibility index (Phi) is 4.67. The van der Waals surface area contributed by atoms with E-state index < -0.39 is 14.9 Å². The van der Waals surface area contributed by atoms with Crippen molar-refractivity contribution < 1.29 is 13.3 Å². The van der Waals surface area contributed by atoms with E-state index in [2.05, 4.69) is 4.98 Å². The van der Waals surface area contributed by atoms with Gasteiger partial charge in [0.15, 0.2) is 0 Å². The summed E-state index contributed by atoms with van der Waals surface area (Å²) in [7, 11) is -3.69. The third-order valence-electron chi connectivity index (χ3n) is 4.73. The van der Waals surface area contributed by atoms with Gasteiger partial charge in [0.2, 0.25) is 10.0 Å². The van der Waals surface area contributed by atoms with Crippen molar-refractivity contribution in [2.75, 3.05) is 13.1 Å². The Morgan fingerprint density at radius 1 is 1.15 bits per heavy atom. The Hall–Kier alpha value is -2.36. The van der Waals surface area contributed by atoms with Gasteiger partial charge in [0.05, 0.1) is 25.0 Å². The molecule has 0 amide bonds. The number of para-hydroxylation sites is 1. The summed E-state index contributed by atoms with van der Waals surface area (Å²) in [6.45, 7) is 0.819. The number of aromatic nitrogens is 1. The van der Waals surface area contributed by atoms with Crippen molar-refractivity contribution in [1.82, 2.24) is 9.29 Å². The summed E-state index contributed by atoms with van der Waals surface area (Å²) >= 11 is 1.61. The van der Waals surface area contributed by atoms with Crippen LogP contribution in [0.1, 0.15) is 23.8 Å². The van der Waals surface area contributed by atoms with Crippen molar-refractivity contribution in [1.29, 1.82) is 0 Å². The molecular weight excluding hydrogens is 386 g/mol. The number of piperidine rings is 1. The maximum Gasteiger partial charge on any atom is 0.269 e. The smallest absolute Gasteiger partial charge is 0.258 e. The van der Waals surface area contributed by atoms with Crippen LogP contribution in [-0.2, 0) is 10.0 Å². The largest absolute Gasteiger partial charge is 0.269 e. The van der Waals surface area contributed by atoms with E-state index in [1.807, 2.05) is 24.3 Å². The Bertz CT molecular complexity index is 1060. The van der Waals surface area contributed by atoms with Crippen LogP contribution in [0.4, 0.5) is 5.69 Å². The van der Waals surface area contributed by atoms with Gasteiger partial charge >= 0.3 is 0 Å². The van der Waals surface area contributed by atoms with E-state index >= 15 is 0 Å². The molecule has 1 aliphatic rings. The van der Waals surface area contributed by atoms with Crippen molar-refractivity contribution in [3.63, 3.8) is 0 Å². The number of nitrogens with zero attached hydrogens (tertiary/aromatic N) is 3. The van der Waals surface area contributed by atoms with E-state index in [0.717, 1.165) is 28.1 Å². The van der Waals surface area contributed by atoms with Gasteiger partial charge in [-0.05, 0) is 37.1 Å². The minimum Gasteiger partial charge on any atom is -0.258 e. The fourth-order valence-electron chi connectivity index (χ4n) is 3.32. The van der Waals surface area contributed by atoms with Gasteiger partial charge in [-0.2, -0.15) is 4.31 Å². The quantitative estimate of drug-likeness (QED) is 0.488. The molecule has 7 nitrogen and oxygen atoms in total. The fourth-order valence-corrected chi connectivity index (χ4v) is 5.93. The summed E-state index contributed by atoms with van der Waals surface area (Å²) in [6.07, 6.45) is 1.65. The third-order valence-corrected chi connectivity index (χ3v) is 7.81. The fraction of sp³-hybridized carbons (Fsp3) is 0.278. The summed E-state index contributed by atoms with van der Waals surface area (Å²) in [4.78, 5) is 15.0. The zero-order valence-electron chi connectivity index (χ0n) is 14.3. The summed E-state index contributed by atoms with van der Waals surface area (Å²) in [5.41, 5.74) is 0.813. The number of benzene rings is 2. The van der Waals surface area contributed by atoms with Crippen LogP contribution in [0, 0.1) is 10.1 Å². The van der Waals surface area contributed by atoms with E-state index in [4.69, 9.17) is 0 Å². The molecule has 0 radical (unpaired) electrons. The monoisotopic (exact) mass is 403 g/mol. The molecule has 1 aliphatic heterocycles. The number of fused-ring (bicyclic) bond motifs is 1. The minimum absolute atomic E-state index is 0.0592. The van der Waals surface area contributed by atoms with Gasteiger partial charge in [-0.15, -0.1) is 11.3 Å². The standard InChI is InChI=1S/C18H17N3O4S2/c22-21(23)14-7-9-15(10-8-14)27(24,25)20-11-3-4-13(12-20)18-19-16-5-1-2-6-17(16)26-18/h1-2,5-10,13H,3-4,11-12H2. The molecule has 1 atom stereocenters. The number of hydrogen-bond donors (Lipinski definition) is 0. The molecule has 2 aromatic carbocycles. The Morgan fingerprint density at radius 2 is 1.89 bits per heavy atom. The van der Waals surface area contributed by atoms with Crippen LogP contribution in [-0.4, -0.2) is 35.7 Å². The molecule has 0 aliphatic carbocycles. The molecule has 1 fully saturated rings. The van der Waals surface area contributed by atoms with Gasteiger partial charge < -0.3 is 0 Å². The number of hydrogen-bond acceptors (Lipinski definition) is 6. The first-order valence-corrected chi connectivity index (χ1v) is 10.8. The highest BCUT2D eigenvalue weighted by Crippen LogP contribution is 2.34. The molecule has 9 heteroatoms. The maximum absolute atomic E-state index is 13.0. The van der Waals surface area contributed by atoms with Gasteiger partial charge in [0, 0.05) is 31.1 Å². The van der Waals surface area contributed by atoms with Crippen molar-refractivity contribution in [3.05, 3.63) is 63.7 Å². The molecule has 1 saturated heterocycles. The summed E-state index contributed by atoms with van der Waals surface area (Å²) in [5.74, 6) is 0.0592. The van der Waals surface area contributed by atoms with Crippen molar-refractivity contribution in [2.24, 2.45) is 0 Å². The average Bonchev–Trinajstić information content (AvgIpc) is 3.12. The Balaban J connectivity index is 1.58. The number of rotatable bonds is 4. The number of non-ortho nitro benzene ring substituents is 1. The minimum atomic E-state index is -3.69. The summed E-state index contributed by atoms with van der Waals surface area (Å²) in [5, 5.41) is 11.7. The second kappa shape index (κ2) is 6.99. The summed E-state index contributed by atoms with van der Waals surface area (Å²) in [6, 6.07) is 12.9. The maximum atomic E-state index is 13.0. The number of sulfonamides is 1. The first-order valence-electron chi connectivity index (χ1n) is 8.55. The van der Waals surface area contributed by atoms with Crippen molar-refractivity contribution in [3.8, 4) is 0 Å². The second-order valence-corrected chi connectivity index (χ2v) is 9.47. The van der Waals surface area contributed by atoms with Crippen LogP contribution in [0.5, 0.6) is 0 Å². The van der Waals surface area contributed by atoms with Crippen LogP contribution in [0.25, 0.3) is 10.2 Å². The zero-order chi connectivity index (χ0) is 19.0. The normalized spacial score (nSPS) is 18.6. The van der Waals surface area contributed by atoms with Gasteiger partial charge in [0.1, 0.15) is 0 Å². The van der Waals surface area contributed by atoms with Crippen molar-refractivity contribution >= 4 is 37.3 Å². The Labute approximate surface area is 160 Å². The van der Waals surface area contributed by atoms with Crippen LogP contribution < -0.4 is 0 Å². The first kappa shape index (κ1) is 18.0. The van der Waals surface area contributed by atoms with Crippen LogP contribution in [0.2, 0.25) is 0 Å². The number of nitro groups is 1. The predicted octanol–water partition coefficient (Wildman–Crippen LogP) is 3.77. The first-order chi connectivity index (χ1) is 12.9. The molecule has 27 heavy (non-hydrogen) atoms. The van der Waals surface area contributed by atoms with Crippen molar-refractivity contribution in [2.45, 2.75) is 23.7 Å². The molecule has 1 aromatic heterocycles. The molecule has 3 aromatic rings. The van der Waals surface area contributed by atoms with Crippen LogP contribution in [0.15, 0.2) is 53.4 Å². The van der Waals surface area contributed by atoms with Crippen LogP contribution >= 0.6 is 11.3 Å². The lowest BCUT2D eigenvalue weighted by Gasteiger charge is -2.30. The van der Waals surface area contributed by atoms with E-state index in [0.29, 0.717) is 13.1 Å². The lowest BCUT2D eigenvalue weighted by Crippen LogP contribution is -2.39. The van der Waals surface area contributed by atoms with E-state index in [-0.39, 0.29) is 16.5 Å². The van der Waals surface area contributed by atoms with Crippen LogP contribution in [0.3, 0.4) is 0 Å². The second-order valence-electron chi connectivity index (χ2n) is 6.47. The molecule has 1 unspecified atom stereocenters. The number of nitro benzene ring substituents is 1. The van der Waals surface area contributed by atoms with Gasteiger partial charge in [-0.25, -0.2) is 13.4 Å². The average molecular weight is 403 g/mol. The summed E-state index contributed by atoms with van der Waals surface area (Å²) < 4.78 is 28.5. The van der Waals surface area contributed by atoms with Gasteiger partial charge in [0.25, 0.3) is 5.69 Å². The molecular formula is C18H17N3O4S2. The SMILES string of the molecule is O=[N+]([O-])c1ccc(S(=O)(=O)N2CCCC(c3nc4ccccc4s3)C2)cc1. The highest BCUT2D eigenvalue weighted by Gasteiger charge is 2.32. The predicted molar refractivity (Wildman–Crippen MR) is 103 cm³/mol.